The molecule has 0 saturated heterocycles. The van der Waals surface area contributed by atoms with Gasteiger partial charge in [0, 0.05) is 11.1 Å². The maximum Gasteiger partial charge on any atom is 0.355 e. The maximum atomic E-state index is 12.2. The lowest BCUT2D eigenvalue weighted by molar-refractivity contribution is 0.0306. The molecule has 0 bridgehead atoms. The fraction of sp³-hybridized carbons (Fsp3) is 0.400. The van der Waals surface area contributed by atoms with Gasteiger partial charge in [-0.3, -0.25) is 0 Å². The molecule has 0 spiro atoms. The minimum absolute atomic E-state index is 0.123. The number of aromatic nitrogens is 1. The van der Waals surface area contributed by atoms with Crippen LogP contribution in [0, 0.1) is 0 Å². The van der Waals surface area contributed by atoms with Crippen LogP contribution in [-0.2, 0) is 11.3 Å². The van der Waals surface area contributed by atoms with E-state index >= 15 is 0 Å². The van der Waals surface area contributed by atoms with Crippen molar-refractivity contribution in [3.63, 3.8) is 0 Å². The Labute approximate surface area is 116 Å². The summed E-state index contributed by atoms with van der Waals surface area (Å²) in [6.07, 6.45) is 6.43. The molecule has 0 N–H and O–H groups in total. The molecular weight excluding hydrogens is 258 g/mol. The average molecular weight is 275 g/mol. The Morgan fingerprint density at radius 3 is 2.89 bits per heavy atom. The van der Waals surface area contributed by atoms with Crippen LogP contribution in [0.5, 0.6) is 0 Å². The van der Waals surface area contributed by atoms with Gasteiger partial charge in [-0.2, -0.15) is 0 Å². The van der Waals surface area contributed by atoms with Gasteiger partial charge in [-0.05, 0) is 49.3 Å². The smallest absolute Gasteiger partial charge is 0.355 e. The van der Waals surface area contributed by atoms with E-state index in [0.29, 0.717) is 5.69 Å². The second-order valence-corrected chi connectivity index (χ2v) is 5.94. The highest BCUT2D eigenvalue weighted by Crippen LogP contribution is 2.22. The molecule has 1 aliphatic rings. The van der Waals surface area contributed by atoms with Crippen LogP contribution in [0.15, 0.2) is 35.8 Å². The molecule has 2 aromatic rings. The van der Waals surface area contributed by atoms with Crippen molar-refractivity contribution in [1.82, 2.24) is 4.57 Å². The molecule has 0 aliphatic heterocycles. The first-order chi connectivity index (χ1) is 9.33. The molecule has 2 aromatic heterocycles. The van der Waals surface area contributed by atoms with Gasteiger partial charge in [0.05, 0.1) is 6.54 Å². The molecule has 1 saturated carbocycles. The number of carbonyl (C=O) groups excluding carboxylic acids is 1. The Morgan fingerprint density at radius 2 is 2.16 bits per heavy atom. The van der Waals surface area contributed by atoms with Crippen LogP contribution in [0.3, 0.4) is 0 Å². The molecular formula is C15H17NO2S. The largest absolute Gasteiger partial charge is 0.458 e. The van der Waals surface area contributed by atoms with Crippen molar-refractivity contribution >= 4 is 17.3 Å². The third kappa shape index (κ3) is 2.89. The van der Waals surface area contributed by atoms with Crippen LogP contribution in [0.4, 0.5) is 0 Å². The summed E-state index contributed by atoms with van der Waals surface area (Å²) in [7, 11) is 0. The summed E-state index contributed by atoms with van der Waals surface area (Å²) in [6.45, 7) is 0.736. The van der Waals surface area contributed by atoms with Crippen molar-refractivity contribution in [2.45, 2.75) is 38.3 Å². The molecule has 1 fully saturated rings. The van der Waals surface area contributed by atoms with Gasteiger partial charge in [0.25, 0.3) is 0 Å². The molecule has 4 heteroatoms. The fourth-order valence-corrected chi connectivity index (χ4v) is 3.23. The van der Waals surface area contributed by atoms with Crippen molar-refractivity contribution in [3.05, 3.63) is 46.4 Å². The monoisotopic (exact) mass is 275 g/mol. The topological polar surface area (TPSA) is 31.2 Å². The van der Waals surface area contributed by atoms with Gasteiger partial charge in [-0.1, -0.05) is 6.07 Å². The minimum atomic E-state index is -0.187. The Hall–Kier alpha value is -1.55. The molecule has 0 aromatic carbocycles. The maximum absolute atomic E-state index is 12.2. The zero-order chi connectivity index (χ0) is 13.1. The number of hydrogen-bond donors (Lipinski definition) is 0. The molecule has 100 valence electrons. The van der Waals surface area contributed by atoms with Crippen LogP contribution in [0.1, 0.15) is 41.0 Å². The van der Waals surface area contributed by atoms with Gasteiger partial charge >= 0.3 is 5.97 Å². The molecule has 0 unspecified atom stereocenters. The first kappa shape index (κ1) is 12.5. The van der Waals surface area contributed by atoms with E-state index in [9.17, 15) is 4.79 Å². The van der Waals surface area contributed by atoms with Crippen molar-refractivity contribution < 1.29 is 9.53 Å². The molecule has 0 amide bonds. The molecule has 3 nitrogen and oxygen atoms in total. The average Bonchev–Trinajstić information content (AvgIpc) is 3.10. The highest BCUT2D eigenvalue weighted by molar-refractivity contribution is 7.09. The van der Waals surface area contributed by atoms with Crippen LogP contribution in [0.2, 0.25) is 0 Å². The summed E-state index contributed by atoms with van der Waals surface area (Å²) >= 11 is 1.70. The minimum Gasteiger partial charge on any atom is -0.458 e. The van der Waals surface area contributed by atoms with Gasteiger partial charge in [0.15, 0.2) is 0 Å². The van der Waals surface area contributed by atoms with E-state index in [-0.39, 0.29) is 12.1 Å². The van der Waals surface area contributed by atoms with E-state index in [1.165, 1.54) is 17.7 Å². The van der Waals surface area contributed by atoms with Gasteiger partial charge in [-0.25, -0.2) is 4.79 Å². The van der Waals surface area contributed by atoms with Gasteiger partial charge in [0.2, 0.25) is 0 Å². The number of esters is 1. The molecule has 1 aliphatic carbocycles. The van der Waals surface area contributed by atoms with Gasteiger partial charge < -0.3 is 9.30 Å². The highest BCUT2D eigenvalue weighted by atomic mass is 32.1. The Bertz CT molecular complexity index is 538. The second kappa shape index (κ2) is 5.61. The number of nitrogens with zero attached hydrogens (tertiary/aromatic N) is 1. The van der Waals surface area contributed by atoms with Crippen LogP contribution >= 0.6 is 11.3 Å². The standard InChI is InChI=1S/C15H17NO2S/c17-15(18-12-5-1-2-6-12)14-8-3-9-16(14)11-13-7-4-10-19-13/h3-4,7-10,12H,1-2,5-6,11H2. The van der Waals surface area contributed by atoms with E-state index < -0.39 is 0 Å². The second-order valence-electron chi connectivity index (χ2n) is 4.91. The SMILES string of the molecule is O=C(OC1CCCC1)c1cccn1Cc1cccs1. The van der Waals surface area contributed by atoms with E-state index in [1.807, 2.05) is 29.0 Å². The first-order valence-corrected chi connectivity index (χ1v) is 7.59. The number of carbonyl (C=O) groups is 1. The van der Waals surface area contributed by atoms with Crippen LogP contribution in [-0.4, -0.2) is 16.6 Å². The number of hydrogen-bond acceptors (Lipinski definition) is 3. The van der Waals surface area contributed by atoms with E-state index in [4.69, 9.17) is 4.74 Å². The lowest BCUT2D eigenvalue weighted by atomic mass is 10.3. The molecule has 2 heterocycles. The van der Waals surface area contributed by atoms with Crippen LogP contribution < -0.4 is 0 Å². The molecule has 0 radical (unpaired) electrons. The summed E-state index contributed by atoms with van der Waals surface area (Å²) in [5.41, 5.74) is 0.653. The first-order valence-electron chi connectivity index (χ1n) is 6.71. The van der Waals surface area contributed by atoms with Crippen molar-refractivity contribution in [1.29, 1.82) is 0 Å². The van der Waals surface area contributed by atoms with Crippen molar-refractivity contribution in [2.75, 3.05) is 0 Å². The summed E-state index contributed by atoms with van der Waals surface area (Å²) in [5, 5.41) is 2.05. The summed E-state index contributed by atoms with van der Waals surface area (Å²) < 4.78 is 7.52. The molecule has 19 heavy (non-hydrogen) atoms. The Balaban J connectivity index is 1.70. The quantitative estimate of drug-likeness (QED) is 0.797. The summed E-state index contributed by atoms with van der Waals surface area (Å²) in [6, 6.07) is 7.85. The molecule has 0 atom stereocenters. The van der Waals surface area contributed by atoms with E-state index in [1.54, 1.807) is 11.3 Å². The fourth-order valence-electron chi connectivity index (χ4n) is 2.53. The van der Waals surface area contributed by atoms with Gasteiger partial charge in [0.1, 0.15) is 11.8 Å². The Morgan fingerprint density at radius 1 is 1.32 bits per heavy atom. The molecule has 3 rings (SSSR count). The lowest BCUT2D eigenvalue weighted by Gasteiger charge is -2.12. The summed E-state index contributed by atoms with van der Waals surface area (Å²) in [4.78, 5) is 13.4. The zero-order valence-electron chi connectivity index (χ0n) is 10.7. The van der Waals surface area contributed by atoms with Crippen LogP contribution in [0.25, 0.3) is 0 Å². The van der Waals surface area contributed by atoms with E-state index in [2.05, 4.69) is 11.4 Å². The number of rotatable bonds is 4. The normalized spacial score (nSPS) is 15.8. The van der Waals surface area contributed by atoms with Crippen molar-refractivity contribution in [2.24, 2.45) is 0 Å². The highest BCUT2D eigenvalue weighted by Gasteiger charge is 2.21. The summed E-state index contributed by atoms with van der Waals surface area (Å²) in [5.74, 6) is -0.187. The third-order valence-electron chi connectivity index (χ3n) is 3.52. The number of ether oxygens (including phenoxy) is 1. The van der Waals surface area contributed by atoms with Gasteiger partial charge in [-0.15, -0.1) is 11.3 Å². The predicted octanol–water partition coefficient (Wildman–Crippen LogP) is 3.70. The number of thiophene rings is 1. The zero-order valence-corrected chi connectivity index (χ0v) is 11.6. The Kier molecular flexibility index (Phi) is 3.69. The van der Waals surface area contributed by atoms with E-state index in [0.717, 1.165) is 19.4 Å². The third-order valence-corrected chi connectivity index (χ3v) is 4.38. The predicted molar refractivity (Wildman–Crippen MR) is 75.5 cm³/mol. The lowest BCUT2D eigenvalue weighted by Crippen LogP contribution is -2.18. The van der Waals surface area contributed by atoms with Crippen molar-refractivity contribution in [3.8, 4) is 0 Å².